The first kappa shape index (κ1) is 12.4. The molecule has 1 rings (SSSR count). The minimum absolute atomic E-state index is 0.424. The van der Waals surface area contributed by atoms with E-state index in [1.54, 1.807) is 0 Å². The van der Waals surface area contributed by atoms with E-state index in [2.05, 4.69) is 0 Å². The van der Waals surface area contributed by atoms with E-state index in [1.165, 1.54) is 0 Å². The van der Waals surface area contributed by atoms with Crippen LogP contribution in [0.3, 0.4) is 0 Å². The van der Waals surface area contributed by atoms with E-state index in [9.17, 15) is 26.7 Å². The Morgan fingerprint density at radius 2 is 1.69 bits per heavy atom. The van der Waals surface area contributed by atoms with E-state index in [-0.39, 0.29) is 0 Å². The molecule has 0 saturated carbocycles. The first-order chi connectivity index (χ1) is 7.25. The third kappa shape index (κ3) is 2.29. The molecular formula is C9H5F5O2. The predicted molar refractivity (Wildman–Crippen MR) is 42.6 cm³/mol. The Labute approximate surface area is 86.3 Å². The number of aliphatic carboxylic acids is 1. The normalized spacial score (nSPS) is 11.6. The summed E-state index contributed by atoms with van der Waals surface area (Å²) in [6.45, 7) is 0. The van der Waals surface area contributed by atoms with Crippen molar-refractivity contribution in [3.8, 4) is 0 Å². The molecule has 7 heteroatoms. The van der Waals surface area contributed by atoms with Gasteiger partial charge in [-0.2, -0.15) is 8.78 Å². The van der Waals surface area contributed by atoms with Gasteiger partial charge >= 0.3 is 11.9 Å². The van der Waals surface area contributed by atoms with Crippen molar-refractivity contribution in [3.05, 3.63) is 35.1 Å². The number of halogens is 5. The van der Waals surface area contributed by atoms with Crippen LogP contribution >= 0.6 is 0 Å². The highest BCUT2D eigenvalue weighted by molar-refractivity contribution is 5.75. The fourth-order valence-corrected chi connectivity index (χ4v) is 1.03. The van der Waals surface area contributed by atoms with Gasteiger partial charge in [-0.05, 0) is 12.1 Å². The highest BCUT2D eigenvalue weighted by Crippen LogP contribution is 2.25. The van der Waals surface area contributed by atoms with Crippen molar-refractivity contribution in [2.75, 3.05) is 0 Å². The number of alkyl halides is 2. The van der Waals surface area contributed by atoms with Crippen LogP contribution in [0.15, 0.2) is 12.1 Å². The van der Waals surface area contributed by atoms with Gasteiger partial charge in [-0.25, -0.2) is 18.0 Å². The SMILES string of the molecule is O=C(O)C(F)(F)Cc1c(F)ccc(F)c1F. The van der Waals surface area contributed by atoms with Crippen molar-refractivity contribution >= 4 is 5.97 Å². The molecule has 0 fully saturated rings. The van der Waals surface area contributed by atoms with Crippen LogP contribution < -0.4 is 0 Å². The largest absolute Gasteiger partial charge is 0.477 e. The fourth-order valence-electron chi connectivity index (χ4n) is 1.03. The van der Waals surface area contributed by atoms with Crippen molar-refractivity contribution in [2.45, 2.75) is 12.3 Å². The maximum atomic E-state index is 12.9. The van der Waals surface area contributed by atoms with Gasteiger partial charge in [-0.3, -0.25) is 0 Å². The van der Waals surface area contributed by atoms with Gasteiger partial charge in [-0.1, -0.05) is 0 Å². The number of carbonyl (C=O) groups is 1. The number of hydrogen-bond donors (Lipinski definition) is 1. The van der Waals surface area contributed by atoms with Crippen LogP contribution in [-0.2, 0) is 11.2 Å². The van der Waals surface area contributed by atoms with Crippen LogP contribution in [0.5, 0.6) is 0 Å². The summed E-state index contributed by atoms with van der Waals surface area (Å²) in [5, 5.41) is 8.07. The van der Waals surface area contributed by atoms with Gasteiger partial charge in [-0.15, -0.1) is 0 Å². The Kier molecular flexibility index (Phi) is 3.16. The number of carboxylic acids is 1. The average Bonchev–Trinajstić information content (AvgIpc) is 2.18. The molecule has 0 aliphatic carbocycles. The van der Waals surface area contributed by atoms with Crippen LogP contribution in [0.1, 0.15) is 5.56 Å². The van der Waals surface area contributed by atoms with Crippen molar-refractivity contribution in [2.24, 2.45) is 0 Å². The summed E-state index contributed by atoms with van der Waals surface area (Å²) in [5.74, 6) is -11.6. The van der Waals surface area contributed by atoms with Crippen molar-refractivity contribution in [3.63, 3.8) is 0 Å². The minimum atomic E-state index is -4.35. The van der Waals surface area contributed by atoms with Gasteiger partial charge < -0.3 is 5.11 Å². The molecule has 0 aliphatic rings. The quantitative estimate of drug-likeness (QED) is 0.650. The zero-order valence-corrected chi connectivity index (χ0v) is 7.61. The molecule has 0 spiro atoms. The Hall–Kier alpha value is -1.66. The van der Waals surface area contributed by atoms with E-state index in [1.807, 2.05) is 0 Å². The molecule has 0 bridgehead atoms. The van der Waals surface area contributed by atoms with Gasteiger partial charge in [0.1, 0.15) is 5.82 Å². The average molecular weight is 240 g/mol. The van der Waals surface area contributed by atoms with Crippen LogP contribution in [0, 0.1) is 17.5 Å². The molecule has 0 radical (unpaired) electrons. The topological polar surface area (TPSA) is 37.3 Å². The molecule has 88 valence electrons. The summed E-state index contributed by atoms with van der Waals surface area (Å²) in [5.41, 5.74) is -1.28. The Morgan fingerprint density at radius 1 is 1.19 bits per heavy atom. The van der Waals surface area contributed by atoms with Crippen molar-refractivity contribution < 1.29 is 31.9 Å². The van der Waals surface area contributed by atoms with E-state index >= 15 is 0 Å². The van der Waals surface area contributed by atoms with E-state index in [4.69, 9.17) is 5.11 Å². The van der Waals surface area contributed by atoms with Gasteiger partial charge in [0, 0.05) is 5.56 Å². The van der Waals surface area contributed by atoms with E-state index < -0.39 is 41.3 Å². The first-order valence-electron chi connectivity index (χ1n) is 3.99. The van der Waals surface area contributed by atoms with Crippen molar-refractivity contribution in [1.82, 2.24) is 0 Å². The van der Waals surface area contributed by atoms with Crippen LogP contribution in [0.4, 0.5) is 22.0 Å². The minimum Gasteiger partial charge on any atom is -0.477 e. The summed E-state index contributed by atoms with van der Waals surface area (Å²) in [6.07, 6.45) is -1.74. The summed E-state index contributed by atoms with van der Waals surface area (Å²) < 4.78 is 63.7. The van der Waals surface area contributed by atoms with Gasteiger partial charge in [0.05, 0.1) is 6.42 Å². The lowest BCUT2D eigenvalue weighted by atomic mass is 10.1. The van der Waals surface area contributed by atoms with Crippen LogP contribution in [0.2, 0.25) is 0 Å². The fraction of sp³-hybridized carbons (Fsp3) is 0.222. The number of carboxylic acid groups (broad SMARTS) is 1. The number of benzene rings is 1. The molecule has 0 amide bonds. The molecule has 0 aromatic heterocycles. The lowest BCUT2D eigenvalue weighted by Crippen LogP contribution is -2.31. The second-order valence-corrected chi connectivity index (χ2v) is 3.01. The summed E-state index contributed by atoms with van der Waals surface area (Å²) >= 11 is 0. The maximum Gasteiger partial charge on any atom is 0.374 e. The van der Waals surface area contributed by atoms with Gasteiger partial charge in [0.15, 0.2) is 11.6 Å². The molecule has 1 aromatic carbocycles. The van der Waals surface area contributed by atoms with Gasteiger partial charge in [0.25, 0.3) is 0 Å². The highest BCUT2D eigenvalue weighted by atomic mass is 19.3. The summed E-state index contributed by atoms with van der Waals surface area (Å²) in [6, 6.07) is 0.874. The second-order valence-electron chi connectivity index (χ2n) is 3.01. The Balaban J connectivity index is 3.15. The smallest absolute Gasteiger partial charge is 0.374 e. The van der Waals surface area contributed by atoms with E-state index in [0.717, 1.165) is 0 Å². The molecule has 1 N–H and O–H groups in total. The molecule has 0 unspecified atom stereocenters. The molecule has 2 nitrogen and oxygen atoms in total. The zero-order valence-electron chi connectivity index (χ0n) is 7.61. The summed E-state index contributed by atoms with van der Waals surface area (Å²) in [7, 11) is 0. The van der Waals surface area contributed by atoms with Crippen LogP contribution in [0.25, 0.3) is 0 Å². The lowest BCUT2D eigenvalue weighted by molar-refractivity contribution is -0.164. The van der Waals surface area contributed by atoms with Gasteiger partial charge in [0.2, 0.25) is 0 Å². The second kappa shape index (κ2) is 4.07. The molecule has 16 heavy (non-hydrogen) atoms. The molecule has 0 heterocycles. The first-order valence-corrected chi connectivity index (χ1v) is 3.99. The number of rotatable bonds is 3. The molecule has 0 atom stereocenters. The molecule has 0 saturated heterocycles. The monoisotopic (exact) mass is 240 g/mol. The van der Waals surface area contributed by atoms with Crippen molar-refractivity contribution in [1.29, 1.82) is 0 Å². The molecule has 1 aromatic rings. The molecular weight excluding hydrogens is 235 g/mol. The van der Waals surface area contributed by atoms with E-state index in [0.29, 0.717) is 12.1 Å². The Bertz CT molecular complexity index is 430. The maximum absolute atomic E-state index is 12.9. The number of hydrogen-bond acceptors (Lipinski definition) is 1. The predicted octanol–water partition coefficient (Wildman–Crippen LogP) is 2.37. The highest BCUT2D eigenvalue weighted by Gasteiger charge is 2.40. The van der Waals surface area contributed by atoms with Crippen LogP contribution in [-0.4, -0.2) is 17.0 Å². The zero-order chi connectivity index (χ0) is 12.5. The summed E-state index contributed by atoms with van der Waals surface area (Å²) in [4.78, 5) is 10.0. The Morgan fingerprint density at radius 3 is 2.19 bits per heavy atom. The lowest BCUT2D eigenvalue weighted by Gasteiger charge is -2.12. The standard InChI is InChI=1S/C9H5F5O2/c10-5-1-2-6(11)7(12)4(5)3-9(13,14)8(15)16/h1-2H,3H2,(H,15,16). The third-order valence-electron chi connectivity index (χ3n) is 1.85. The third-order valence-corrected chi connectivity index (χ3v) is 1.85. The molecule has 0 aliphatic heterocycles.